The number of aromatic nitrogens is 1. The summed E-state index contributed by atoms with van der Waals surface area (Å²) in [5.41, 5.74) is -0.617. The fraction of sp³-hybridized carbons (Fsp3) is 0.318. The van der Waals surface area contributed by atoms with Crippen LogP contribution in [-0.4, -0.2) is 32.4 Å². The van der Waals surface area contributed by atoms with Gasteiger partial charge in [-0.05, 0) is 46.3 Å². The van der Waals surface area contributed by atoms with Gasteiger partial charge in [0.15, 0.2) is 0 Å². The van der Waals surface area contributed by atoms with Crippen LogP contribution in [0, 0.1) is 0 Å². The van der Waals surface area contributed by atoms with E-state index in [-0.39, 0.29) is 5.69 Å². The molecule has 0 aliphatic carbocycles. The van der Waals surface area contributed by atoms with Crippen LogP contribution >= 0.6 is 15.9 Å². The molecule has 3 aromatic rings. The average Bonchev–Trinajstić information content (AvgIpc) is 2.98. The third-order valence-corrected chi connectivity index (χ3v) is 7.69. The largest absolute Gasteiger partial charge is 0.496 e. The molecule has 4 rings (SSSR count). The van der Waals surface area contributed by atoms with Gasteiger partial charge in [0.2, 0.25) is 10.0 Å². The Morgan fingerprint density at radius 1 is 1.24 bits per heavy atom. The Morgan fingerprint density at radius 2 is 1.97 bits per heavy atom. The Hall–Kier alpha value is -2.53. The number of alkyl halides is 3. The summed E-state index contributed by atoms with van der Waals surface area (Å²) in [4.78, 5) is 4.37. The highest BCUT2D eigenvalue weighted by Gasteiger charge is 2.48. The molecule has 1 aliphatic rings. The van der Waals surface area contributed by atoms with Gasteiger partial charge < -0.3 is 9.47 Å². The summed E-state index contributed by atoms with van der Waals surface area (Å²) in [6.45, 7) is 3.67. The smallest absolute Gasteiger partial charge is 0.416 e. The summed E-state index contributed by atoms with van der Waals surface area (Å²) in [5.74, 6) is 0.485. The van der Waals surface area contributed by atoms with Gasteiger partial charge in [-0.2, -0.15) is 13.2 Å². The predicted octanol–water partition coefficient (Wildman–Crippen LogP) is 5.51. The monoisotopic (exact) mass is 544 g/mol. The van der Waals surface area contributed by atoms with E-state index < -0.39 is 39.0 Å². The molecule has 1 N–H and O–H groups in total. The molecule has 1 aromatic heterocycles. The zero-order valence-electron chi connectivity index (χ0n) is 17.8. The van der Waals surface area contributed by atoms with Gasteiger partial charge in [-0.1, -0.05) is 19.9 Å². The van der Waals surface area contributed by atoms with E-state index in [1.165, 1.54) is 13.2 Å². The summed E-state index contributed by atoms with van der Waals surface area (Å²) in [5, 5.41) is 0.743. The van der Waals surface area contributed by atoms with Crippen molar-refractivity contribution < 1.29 is 31.1 Å². The van der Waals surface area contributed by atoms with Crippen LogP contribution in [0.1, 0.15) is 25.0 Å². The van der Waals surface area contributed by atoms with Crippen molar-refractivity contribution in [2.24, 2.45) is 0 Å². The van der Waals surface area contributed by atoms with Crippen LogP contribution in [0.2, 0.25) is 0 Å². The van der Waals surface area contributed by atoms with Crippen LogP contribution in [0.25, 0.3) is 10.9 Å². The van der Waals surface area contributed by atoms with Gasteiger partial charge in [-0.3, -0.25) is 9.71 Å². The molecule has 33 heavy (non-hydrogen) atoms. The van der Waals surface area contributed by atoms with Crippen molar-refractivity contribution in [3.8, 4) is 11.5 Å². The fourth-order valence-electron chi connectivity index (χ4n) is 4.00. The number of hydrogen-bond acceptors (Lipinski definition) is 5. The molecule has 0 saturated heterocycles. The number of ether oxygens (including phenoxy) is 2. The second kappa shape index (κ2) is 8.05. The Balaban J connectivity index is 1.68. The minimum absolute atomic E-state index is 0.174. The molecule has 0 bridgehead atoms. The highest BCUT2D eigenvalue weighted by atomic mass is 79.9. The topological polar surface area (TPSA) is 77.5 Å². The van der Waals surface area contributed by atoms with Gasteiger partial charge in [-0.25, -0.2) is 8.42 Å². The van der Waals surface area contributed by atoms with E-state index in [1.54, 1.807) is 12.3 Å². The number of rotatable bonds is 5. The van der Waals surface area contributed by atoms with Gasteiger partial charge in [0.1, 0.15) is 23.4 Å². The molecule has 11 heteroatoms. The lowest BCUT2D eigenvalue weighted by molar-refractivity contribution is -0.137. The summed E-state index contributed by atoms with van der Waals surface area (Å²) in [6.07, 6.45) is -3.80. The number of nitrogens with zero attached hydrogens (tertiary/aromatic N) is 1. The van der Waals surface area contributed by atoms with Crippen LogP contribution in [-0.2, 0) is 21.6 Å². The van der Waals surface area contributed by atoms with Crippen LogP contribution < -0.4 is 14.2 Å². The van der Waals surface area contributed by atoms with Crippen molar-refractivity contribution in [1.82, 2.24) is 4.98 Å². The molecule has 2 aromatic carbocycles. The Bertz CT molecular complexity index is 1340. The molecule has 176 valence electrons. The first kappa shape index (κ1) is 23.6. The number of halogens is 4. The molecule has 0 amide bonds. The number of pyridine rings is 1. The minimum atomic E-state index is -4.58. The van der Waals surface area contributed by atoms with Crippen LogP contribution in [0.4, 0.5) is 18.9 Å². The third-order valence-electron chi connectivity index (χ3n) is 5.66. The maximum Gasteiger partial charge on any atom is 0.416 e. The van der Waals surface area contributed by atoms with Gasteiger partial charge in [-0.15, -0.1) is 0 Å². The second-order valence-electron chi connectivity index (χ2n) is 8.24. The number of nitrogens with one attached hydrogen (secondary N) is 1. The van der Waals surface area contributed by atoms with Crippen molar-refractivity contribution in [3.05, 3.63) is 58.2 Å². The Kier molecular flexibility index (Phi) is 5.76. The number of sulfonamides is 1. The first-order valence-corrected chi connectivity index (χ1v) is 12.3. The summed E-state index contributed by atoms with van der Waals surface area (Å²) < 4.78 is 79.3. The minimum Gasteiger partial charge on any atom is -0.496 e. The van der Waals surface area contributed by atoms with E-state index in [0.29, 0.717) is 27.1 Å². The first-order valence-electron chi connectivity index (χ1n) is 9.84. The van der Waals surface area contributed by atoms with Crippen LogP contribution in [0.5, 0.6) is 11.5 Å². The van der Waals surface area contributed by atoms with E-state index >= 15 is 0 Å². The second-order valence-corrected chi connectivity index (χ2v) is 10.8. The zero-order valence-corrected chi connectivity index (χ0v) is 20.2. The van der Waals surface area contributed by atoms with E-state index in [1.807, 2.05) is 19.9 Å². The molecular formula is C22H20BrF3N2O4S. The lowest BCUT2D eigenvalue weighted by Gasteiger charge is -2.27. The van der Waals surface area contributed by atoms with E-state index in [4.69, 9.17) is 9.47 Å². The Labute approximate surface area is 197 Å². The maximum absolute atomic E-state index is 13.0. The molecular weight excluding hydrogens is 525 g/mol. The van der Waals surface area contributed by atoms with Crippen LogP contribution in [0.3, 0.4) is 0 Å². The number of anilines is 1. The lowest BCUT2D eigenvalue weighted by Crippen LogP contribution is -2.40. The summed E-state index contributed by atoms with van der Waals surface area (Å²) in [7, 11) is -2.54. The van der Waals surface area contributed by atoms with Gasteiger partial charge in [0, 0.05) is 28.2 Å². The lowest BCUT2D eigenvalue weighted by atomic mass is 9.80. The fourth-order valence-corrected chi connectivity index (χ4v) is 6.06. The maximum atomic E-state index is 13.0. The molecule has 1 atom stereocenters. The molecule has 0 radical (unpaired) electrons. The van der Waals surface area contributed by atoms with Gasteiger partial charge in [0.25, 0.3) is 0 Å². The van der Waals surface area contributed by atoms with Crippen molar-refractivity contribution in [2.75, 3.05) is 17.6 Å². The molecule has 0 spiro atoms. The normalized spacial score (nSPS) is 17.5. The predicted molar refractivity (Wildman–Crippen MR) is 122 cm³/mol. The van der Waals surface area contributed by atoms with Crippen molar-refractivity contribution in [3.63, 3.8) is 0 Å². The van der Waals surface area contributed by atoms with Gasteiger partial charge in [0.05, 0.1) is 22.7 Å². The van der Waals surface area contributed by atoms with Crippen molar-refractivity contribution >= 4 is 42.5 Å². The summed E-state index contributed by atoms with van der Waals surface area (Å²) >= 11 is 3.52. The molecule has 1 unspecified atom stereocenters. The number of benzene rings is 2. The zero-order chi connectivity index (χ0) is 24.2. The SMILES string of the molecule is COc1c2c(c(Br)c3ncccc13)OC(CS(=O)(=O)Nc1cccc(C(F)(F)F)c1)C2(C)C. The molecule has 0 fully saturated rings. The number of methoxy groups -OCH3 is 1. The van der Waals surface area contributed by atoms with Gasteiger partial charge >= 0.3 is 6.18 Å². The highest BCUT2D eigenvalue weighted by Crippen LogP contribution is 2.54. The van der Waals surface area contributed by atoms with E-state index in [2.05, 4.69) is 25.6 Å². The van der Waals surface area contributed by atoms with E-state index in [0.717, 1.165) is 23.6 Å². The highest BCUT2D eigenvalue weighted by molar-refractivity contribution is 9.10. The summed E-state index contributed by atoms with van der Waals surface area (Å²) in [6, 6.07) is 7.66. The number of fused-ring (bicyclic) bond motifs is 2. The Morgan fingerprint density at radius 3 is 2.64 bits per heavy atom. The standard InChI is InChI=1S/C22H20BrF3N2O4S/c1-21(2)15(11-33(29,30)28-13-7-4-6-12(10-13)22(24,25)26)32-20-16(21)19(31-3)14-8-5-9-27-18(14)17(20)23/h4-10,15,28H,11H2,1-3H3. The molecule has 6 nitrogen and oxygen atoms in total. The van der Waals surface area contributed by atoms with Crippen molar-refractivity contribution in [1.29, 1.82) is 0 Å². The van der Waals surface area contributed by atoms with E-state index in [9.17, 15) is 21.6 Å². The molecule has 2 heterocycles. The molecule has 0 saturated carbocycles. The van der Waals surface area contributed by atoms with Crippen LogP contribution in [0.15, 0.2) is 47.1 Å². The first-order chi connectivity index (χ1) is 15.3. The molecule has 1 aliphatic heterocycles. The quantitative estimate of drug-likeness (QED) is 0.458. The van der Waals surface area contributed by atoms with Crippen molar-refractivity contribution in [2.45, 2.75) is 31.5 Å². The number of hydrogen-bond donors (Lipinski definition) is 1. The average molecular weight is 545 g/mol. The third kappa shape index (κ3) is 4.23.